The molecule has 1 amide bonds. The number of ether oxygens (including phenoxy) is 1. The third-order valence-electron chi connectivity index (χ3n) is 3.20. The van der Waals surface area contributed by atoms with E-state index in [-0.39, 0.29) is 18.1 Å². The van der Waals surface area contributed by atoms with Gasteiger partial charge in [0.1, 0.15) is 11.6 Å². The molecule has 0 unspecified atom stereocenters. The van der Waals surface area contributed by atoms with Crippen molar-refractivity contribution >= 4 is 11.6 Å². The molecule has 24 heavy (non-hydrogen) atoms. The molecule has 0 heterocycles. The predicted octanol–water partition coefficient (Wildman–Crippen LogP) is 2.88. The Bertz CT molecular complexity index is 781. The van der Waals surface area contributed by atoms with Crippen molar-refractivity contribution in [1.29, 1.82) is 0 Å². The molecule has 0 aliphatic carbocycles. The Kier molecular flexibility index (Phi) is 5.41. The molecule has 0 aromatic heterocycles. The number of nitro groups is 1. The number of carbonyl (C=O) groups is 1. The van der Waals surface area contributed by atoms with Crippen LogP contribution in [0.4, 0.5) is 14.5 Å². The van der Waals surface area contributed by atoms with Crippen molar-refractivity contribution in [2.24, 2.45) is 0 Å². The zero-order valence-corrected chi connectivity index (χ0v) is 12.7. The van der Waals surface area contributed by atoms with Gasteiger partial charge < -0.3 is 10.1 Å². The van der Waals surface area contributed by atoms with Crippen molar-refractivity contribution in [1.82, 2.24) is 5.32 Å². The van der Waals surface area contributed by atoms with E-state index in [2.05, 4.69) is 5.32 Å². The minimum Gasteiger partial charge on any atom is -0.477 e. The van der Waals surface area contributed by atoms with Crippen LogP contribution >= 0.6 is 0 Å². The molecule has 0 aliphatic rings. The zero-order chi connectivity index (χ0) is 17.7. The topological polar surface area (TPSA) is 81.5 Å². The van der Waals surface area contributed by atoms with Crippen LogP contribution in [0.25, 0.3) is 0 Å². The van der Waals surface area contributed by atoms with Crippen LogP contribution in [0, 0.1) is 28.7 Å². The van der Waals surface area contributed by atoms with Gasteiger partial charge in [-0.3, -0.25) is 14.9 Å². The lowest BCUT2D eigenvalue weighted by Gasteiger charge is -2.08. The van der Waals surface area contributed by atoms with E-state index in [4.69, 9.17) is 4.74 Å². The maximum Gasteiger partial charge on any atom is 0.311 e. The van der Waals surface area contributed by atoms with Crippen molar-refractivity contribution in [3.63, 3.8) is 0 Å². The lowest BCUT2D eigenvalue weighted by Crippen LogP contribution is -2.28. The number of nitrogens with zero attached hydrogens (tertiary/aromatic N) is 1. The van der Waals surface area contributed by atoms with Gasteiger partial charge in [0.2, 0.25) is 5.75 Å². The van der Waals surface area contributed by atoms with Gasteiger partial charge in [-0.15, -0.1) is 0 Å². The van der Waals surface area contributed by atoms with Gasteiger partial charge in [0, 0.05) is 18.7 Å². The van der Waals surface area contributed by atoms with Crippen LogP contribution in [0.1, 0.15) is 11.1 Å². The van der Waals surface area contributed by atoms with Gasteiger partial charge in [0.15, 0.2) is 6.61 Å². The normalized spacial score (nSPS) is 10.3. The molecule has 6 nitrogen and oxygen atoms in total. The predicted molar refractivity (Wildman–Crippen MR) is 81.5 cm³/mol. The number of benzene rings is 2. The number of rotatable bonds is 6. The first kappa shape index (κ1) is 17.3. The second-order valence-corrected chi connectivity index (χ2v) is 5.02. The van der Waals surface area contributed by atoms with E-state index in [1.54, 1.807) is 19.1 Å². The van der Waals surface area contributed by atoms with Crippen LogP contribution in [-0.2, 0) is 11.3 Å². The van der Waals surface area contributed by atoms with Gasteiger partial charge in [-0.1, -0.05) is 12.1 Å². The Morgan fingerprint density at radius 3 is 2.67 bits per heavy atom. The second-order valence-electron chi connectivity index (χ2n) is 5.02. The SMILES string of the molecule is Cc1ccc(CNC(=O)COc2cc(F)ccc2[N+](=O)[O-])cc1F. The highest BCUT2D eigenvalue weighted by Gasteiger charge is 2.17. The minimum atomic E-state index is -0.734. The number of nitro benzene ring substituents is 1. The van der Waals surface area contributed by atoms with Crippen molar-refractivity contribution in [3.8, 4) is 5.75 Å². The summed E-state index contributed by atoms with van der Waals surface area (Å²) in [4.78, 5) is 21.8. The molecule has 0 saturated heterocycles. The maximum absolute atomic E-state index is 13.4. The molecule has 2 aromatic rings. The van der Waals surface area contributed by atoms with E-state index in [1.165, 1.54) is 6.07 Å². The van der Waals surface area contributed by atoms with Gasteiger partial charge in [-0.2, -0.15) is 0 Å². The molecule has 1 N–H and O–H groups in total. The maximum atomic E-state index is 13.4. The average Bonchev–Trinajstić information content (AvgIpc) is 2.53. The highest BCUT2D eigenvalue weighted by Crippen LogP contribution is 2.27. The number of hydrogen-bond acceptors (Lipinski definition) is 4. The highest BCUT2D eigenvalue weighted by atomic mass is 19.1. The van der Waals surface area contributed by atoms with Gasteiger partial charge in [0.25, 0.3) is 5.91 Å². The van der Waals surface area contributed by atoms with Gasteiger partial charge in [-0.05, 0) is 30.2 Å². The first-order chi connectivity index (χ1) is 11.4. The summed E-state index contributed by atoms with van der Waals surface area (Å²) in [7, 11) is 0. The fourth-order valence-electron chi connectivity index (χ4n) is 1.90. The Hall–Kier alpha value is -3.03. The van der Waals surface area contributed by atoms with Crippen molar-refractivity contribution in [2.75, 3.05) is 6.61 Å². The fraction of sp³-hybridized carbons (Fsp3) is 0.188. The van der Waals surface area contributed by atoms with E-state index in [1.807, 2.05) is 0 Å². The van der Waals surface area contributed by atoms with Crippen molar-refractivity contribution in [3.05, 3.63) is 69.3 Å². The summed E-state index contributed by atoms with van der Waals surface area (Å²) in [5.74, 6) is -2.01. The molecule has 0 spiro atoms. The van der Waals surface area contributed by atoms with Crippen LogP contribution in [0.2, 0.25) is 0 Å². The smallest absolute Gasteiger partial charge is 0.311 e. The average molecular weight is 336 g/mol. The molecule has 2 aromatic carbocycles. The van der Waals surface area contributed by atoms with Crippen molar-refractivity contribution < 1.29 is 23.2 Å². The van der Waals surface area contributed by atoms with Gasteiger partial charge in [-0.25, -0.2) is 8.78 Å². The lowest BCUT2D eigenvalue weighted by atomic mass is 10.1. The first-order valence-electron chi connectivity index (χ1n) is 6.95. The summed E-state index contributed by atoms with van der Waals surface area (Å²) in [6.45, 7) is 1.17. The van der Waals surface area contributed by atoms with Crippen LogP contribution in [0.15, 0.2) is 36.4 Å². The Morgan fingerprint density at radius 1 is 1.25 bits per heavy atom. The number of hydrogen-bond donors (Lipinski definition) is 1. The fourth-order valence-corrected chi connectivity index (χ4v) is 1.90. The summed E-state index contributed by atoms with van der Waals surface area (Å²) in [6, 6.07) is 7.27. The van der Waals surface area contributed by atoms with Crippen LogP contribution in [0.5, 0.6) is 5.75 Å². The lowest BCUT2D eigenvalue weighted by molar-refractivity contribution is -0.385. The molecule has 0 fully saturated rings. The van der Waals surface area contributed by atoms with E-state index >= 15 is 0 Å². The number of aryl methyl sites for hydroxylation is 1. The summed E-state index contributed by atoms with van der Waals surface area (Å²) in [5.41, 5.74) is 0.611. The molecule has 2 rings (SSSR count). The molecule has 8 heteroatoms. The zero-order valence-electron chi connectivity index (χ0n) is 12.7. The molecule has 0 radical (unpaired) electrons. The molecule has 0 bridgehead atoms. The van der Waals surface area contributed by atoms with Gasteiger partial charge in [0.05, 0.1) is 4.92 Å². The molecular weight excluding hydrogens is 322 g/mol. The van der Waals surface area contributed by atoms with Crippen molar-refractivity contribution in [2.45, 2.75) is 13.5 Å². The molecule has 0 saturated carbocycles. The summed E-state index contributed by atoms with van der Waals surface area (Å²) >= 11 is 0. The number of halogens is 2. The molecule has 126 valence electrons. The van der Waals surface area contributed by atoms with Crippen LogP contribution in [0.3, 0.4) is 0 Å². The number of amides is 1. The summed E-state index contributed by atoms with van der Waals surface area (Å²) in [6.07, 6.45) is 0. The minimum absolute atomic E-state index is 0.0740. The highest BCUT2D eigenvalue weighted by molar-refractivity contribution is 5.77. The van der Waals surface area contributed by atoms with Gasteiger partial charge >= 0.3 is 5.69 Å². The van der Waals surface area contributed by atoms with E-state index in [9.17, 15) is 23.7 Å². The van der Waals surface area contributed by atoms with Crippen LogP contribution in [-0.4, -0.2) is 17.4 Å². The standard InChI is InChI=1S/C16H14F2N2O4/c1-10-2-3-11(6-13(10)18)8-19-16(21)9-24-15-7-12(17)4-5-14(15)20(22)23/h2-7H,8-9H2,1H3,(H,19,21). The van der Waals surface area contributed by atoms with Crippen LogP contribution < -0.4 is 10.1 Å². The quantitative estimate of drug-likeness (QED) is 0.650. The van der Waals surface area contributed by atoms with E-state index in [0.717, 1.165) is 18.2 Å². The third kappa shape index (κ3) is 4.48. The first-order valence-corrected chi connectivity index (χ1v) is 6.95. The molecule has 0 aliphatic heterocycles. The third-order valence-corrected chi connectivity index (χ3v) is 3.20. The van der Waals surface area contributed by atoms with E-state index in [0.29, 0.717) is 11.1 Å². The number of carbonyl (C=O) groups excluding carboxylic acids is 1. The molecular formula is C16H14F2N2O4. The summed E-state index contributed by atoms with van der Waals surface area (Å²) < 4.78 is 31.5. The Balaban J connectivity index is 1.92. The van der Waals surface area contributed by atoms with E-state index < -0.39 is 28.9 Å². The monoisotopic (exact) mass is 336 g/mol. The Morgan fingerprint density at radius 2 is 2.00 bits per heavy atom. The second kappa shape index (κ2) is 7.49. The Labute approximate surface area is 136 Å². The summed E-state index contributed by atoms with van der Waals surface area (Å²) in [5, 5.41) is 13.3. The molecule has 0 atom stereocenters. The largest absolute Gasteiger partial charge is 0.477 e. The number of nitrogens with one attached hydrogen (secondary N) is 1.